The van der Waals surface area contributed by atoms with E-state index < -0.39 is 0 Å². The summed E-state index contributed by atoms with van der Waals surface area (Å²) in [5.41, 5.74) is 4.76. The summed E-state index contributed by atoms with van der Waals surface area (Å²) in [7, 11) is 2.17. The molecule has 10 heteroatoms. The summed E-state index contributed by atoms with van der Waals surface area (Å²) >= 11 is 1.87. The summed E-state index contributed by atoms with van der Waals surface area (Å²) in [5.74, 6) is 2.39. The number of nitrogens with one attached hydrogen (secondary N) is 2. The lowest BCUT2D eigenvalue weighted by Gasteiger charge is -2.28. The fraction of sp³-hybridized carbons (Fsp3) is 0.529. The Balaban J connectivity index is 1.08. The fourth-order valence-electron chi connectivity index (χ4n) is 5.81. The first-order chi connectivity index (χ1) is 21.6. The summed E-state index contributed by atoms with van der Waals surface area (Å²) in [5, 5.41) is 17.5. The number of benzene rings is 2. The minimum atomic E-state index is -0.0361. The van der Waals surface area contributed by atoms with Gasteiger partial charge in [-0.05, 0) is 80.1 Å². The molecule has 0 radical (unpaired) electrons. The molecule has 1 aliphatic heterocycles. The number of likely N-dealkylation sites (N-methyl/N-ethyl adjacent to an activating group) is 1. The first kappa shape index (κ1) is 32.2. The second-order valence-corrected chi connectivity index (χ2v) is 12.9. The molecule has 2 fully saturated rings. The van der Waals surface area contributed by atoms with Crippen molar-refractivity contribution >= 4 is 22.3 Å². The van der Waals surface area contributed by atoms with E-state index in [4.69, 9.17) is 29.8 Å². The molecule has 1 saturated heterocycles. The monoisotopic (exact) mass is 621 g/mol. The van der Waals surface area contributed by atoms with Crippen LogP contribution >= 0.6 is 11.3 Å². The standard InChI is InChI=1S/C34H47N5O4S/c1-38(17-18-39-19-23-41-24-20-39)34-36-32(31(44-34)25-26-7-3-4-8-26)27-9-13-29(14-10-27)42-21-5-2-6-22-43-30-15-11-28(12-16-30)33(35)37-40/h9-16,26,40H,2-8,17-25H2,1H3,(H2,35,37). The minimum absolute atomic E-state index is 0.0361. The van der Waals surface area contributed by atoms with Crippen molar-refractivity contribution in [3.05, 3.63) is 59.0 Å². The molecule has 238 valence electrons. The highest BCUT2D eigenvalue weighted by molar-refractivity contribution is 7.16. The van der Waals surface area contributed by atoms with E-state index in [1.54, 1.807) is 12.1 Å². The zero-order valence-electron chi connectivity index (χ0n) is 25.9. The van der Waals surface area contributed by atoms with Gasteiger partial charge in [0.05, 0.1) is 32.1 Å². The molecule has 3 aromatic rings. The van der Waals surface area contributed by atoms with Crippen LogP contribution in [-0.2, 0) is 11.2 Å². The quantitative estimate of drug-likeness (QED) is 0.0748. The van der Waals surface area contributed by atoms with Gasteiger partial charge in [-0.15, -0.1) is 11.3 Å². The number of hydrogen-bond donors (Lipinski definition) is 3. The van der Waals surface area contributed by atoms with Crippen LogP contribution < -0.4 is 19.9 Å². The number of thiazole rings is 1. The average molecular weight is 622 g/mol. The first-order valence-electron chi connectivity index (χ1n) is 16.0. The molecule has 9 nitrogen and oxygen atoms in total. The Labute approximate surface area is 265 Å². The zero-order valence-corrected chi connectivity index (χ0v) is 26.7. The normalized spacial score (nSPS) is 15.8. The van der Waals surface area contributed by atoms with Crippen LogP contribution in [0.2, 0.25) is 0 Å². The van der Waals surface area contributed by atoms with Crippen molar-refractivity contribution < 1.29 is 19.4 Å². The molecule has 2 heterocycles. The maximum absolute atomic E-state index is 8.83. The second-order valence-electron chi connectivity index (χ2n) is 11.8. The number of amidine groups is 1. The summed E-state index contributed by atoms with van der Waals surface area (Å²) in [6, 6.07) is 15.6. The fourth-order valence-corrected chi connectivity index (χ4v) is 6.99. The lowest BCUT2D eigenvalue weighted by atomic mass is 10.0. The second kappa shape index (κ2) is 16.8. The number of rotatable bonds is 16. The average Bonchev–Trinajstić information content (AvgIpc) is 3.74. The predicted molar refractivity (Wildman–Crippen MR) is 177 cm³/mol. The van der Waals surface area contributed by atoms with E-state index >= 15 is 0 Å². The highest BCUT2D eigenvalue weighted by Crippen LogP contribution is 2.38. The molecule has 44 heavy (non-hydrogen) atoms. The zero-order chi connectivity index (χ0) is 30.6. The Morgan fingerprint density at radius 1 is 1.00 bits per heavy atom. The summed E-state index contributed by atoms with van der Waals surface area (Å²) in [6.45, 7) is 7.01. The SMILES string of the molecule is CN(CCN1CCOCC1)c1nc(-c2ccc(OCCCCCOc3ccc(C(=N)NO)cc3)cc2)c(CC2CCCC2)s1. The lowest BCUT2D eigenvalue weighted by Crippen LogP contribution is -2.40. The van der Waals surface area contributed by atoms with E-state index in [1.807, 2.05) is 28.9 Å². The molecule has 0 bridgehead atoms. The molecule has 0 atom stereocenters. The summed E-state index contributed by atoms with van der Waals surface area (Å²) < 4.78 is 17.4. The maximum Gasteiger partial charge on any atom is 0.185 e. The van der Waals surface area contributed by atoms with Crippen molar-refractivity contribution in [2.24, 2.45) is 5.92 Å². The molecular formula is C34H47N5O4S. The Kier molecular flexibility index (Phi) is 12.3. The molecule has 0 spiro atoms. The molecule has 2 aromatic carbocycles. The van der Waals surface area contributed by atoms with Crippen LogP contribution in [0.3, 0.4) is 0 Å². The van der Waals surface area contributed by atoms with Gasteiger partial charge >= 0.3 is 0 Å². The van der Waals surface area contributed by atoms with Gasteiger partial charge in [-0.1, -0.05) is 25.7 Å². The van der Waals surface area contributed by atoms with Gasteiger partial charge in [0.25, 0.3) is 0 Å². The van der Waals surface area contributed by atoms with E-state index in [0.29, 0.717) is 18.8 Å². The lowest BCUT2D eigenvalue weighted by molar-refractivity contribution is 0.0393. The smallest absolute Gasteiger partial charge is 0.185 e. The Morgan fingerprint density at radius 2 is 1.64 bits per heavy atom. The molecule has 5 rings (SSSR count). The third kappa shape index (κ3) is 9.41. The van der Waals surface area contributed by atoms with Gasteiger partial charge in [0.1, 0.15) is 17.3 Å². The van der Waals surface area contributed by atoms with Crippen molar-refractivity contribution in [2.75, 3.05) is 64.6 Å². The van der Waals surface area contributed by atoms with Crippen LogP contribution in [0.1, 0.15) is 55.4 Å². The van der Waals surface area contributed by atoms with E-state index in [1.165, 1.54) is 36.1 Å². The first-order valence-corrected chi connectivity index (χ1v) is 16.9. The van der Waals surface area contributed by atoms with Crippen molar-refractivity contribution in [3.63, 3.8) is 0 Å². The van der Waals surface area contributed by atoms with E-state index in [0.717, 1.165) is 93.3 Å². The molecule has 1 aliphatic carbocycles. The van der Waals surface area contributed by atoms with Crippen LogP contribution in [0.5, 0.6) is 11.5 Å². The molecular weight excluding hydrogens is 574 g/mol. The highest BCUT2D eigenvalue weighted by Gasteiger charge is 2.22. The van der Waals surface area contributed by atoms with Crippen molar-refractivity contribution in [1.82, 2.24) is 15.4 Å². The third-order valence-electron chi connectivity index (χ3n) is 8.53. The largest absolute Gasteiger partial charge is 0.494 e. The number of anilines is 1. The number of hydroxylamine groups is 1. The molecule has 3 N–H and O–H groups in total. The number of hydrogen-bond acceptors (Lipinski definition) is 9. The summed E-state index contributed by atoms with van der Waals surface area (Å²) in [4.78, 5) is 11.4. The van der Waals surface area contributed by atoms with Crippen LogP contribution in [-0.4, -0.2) is 80.6 Å². The van der Waals surface area contributed by atoms with Crippen molar-refractivity contribution in [3.8, 4) is 22.8 Å². The minimum Gasteiger partial charge on any atom is -0.494 e. The third-order valence-corrected chi connectivity index (χ3v) is 9.72. The van der Waals surface area contributed by atoms with Gasteiger partial charge < -0.3 is 19.1 Å². The highest BCUT2D eigenvalue weighted by atomic mass is 32.1. The van der Waals surface area contributed by atoms with Crippen LogP contribution in [0, 0.1) is 11.3 Å². The molecule has 1 saturated carbocycles. The number of nitrogens with zero attached hydrogens (tertiary/aromatic N) is 3. The van der Waals surface area contributed by atoms with Gasteiger partial charge in [-0.2, -0.15) is 0 Å². The number of ether oxygens (including phenoxy) is 3. The van der Waals surface area contributed by atoms with Gasteiger partial charge in [-0.3, -0.25) is 21.0 Å². The predicted octanol–water partition coefficient (Wildman–Crippen LogP) is 6.24. The van der Waals surface area contributed by atoms with Gasteiger partial charge in [0.15, 0.2) is 5.13 Å². The molecule has 0 amide bonds. The van der Waals surface area contributed by atoms with E-state index in [2.05, 4.69) is 41.1 Å². The number of aromatic nitrogens is 1. The van der Waals surface area contributed by atoms with E-state index in [-0.39, 0.29) is 5.84 Å². The van der Waals surface area contributed by atoms with Gasteiger partial charge in [0.2, 0.25) is 0 Å². The van der Waals surface area contributed by atoms with Crippen LogP contribution in [0.4, 0.5) is 5.13 Å². The van der Waals surface area contributed by atoms with E-state index in [9.17, 15) is 0 Å². The molecule has 0 unspecified atom stereocenters. The van der Waals surface area contributed by atoms with Gasteiger partial charge in [-0.25, -0.2) is 4.98 Å². The van der Waals surface area contributed by atoms with Crippen LogP contribution in [0.15, 0.2) is 48.5 Å². The summed E-state index contributed by atoms with van der Waals surface area (Å²) in [6.07, 6.45) is 9.42. The Bertz CT molecular complexity index is 1290. The molecule has 2 aliphatic rings. The van der Waals surface area contributed by atoms with Gasteiger partial charge in [0, 0.05) is 49.2 Å². The van der Waals surface area contributed by atoms with Crippen LogP contribution in [0.25, 0.3) is 11.3 Å². The number of unbranched alkanes of at least 4 members (excludes halogenated alkanes) is 2. The molecule has 1 aromatic heterocycles. The van der Waals surface area contributed by atoms with Crippen molar-refractivity contribution in [1.29, 1.82) is 5.41 Å². The Morgan fingerprint density at radius 3 is 2.27 bits per heavy atom. The topological polar surface area (TPSA) is 103 Å². The maximum atomic E-state index is 8.83. The number of morpholine rings is 1. The Hall–Kier alpha value is -3.18. The van der Waals surface area contributed by atoms with Crippen molar-refractivity contribution in [2.45, 2.75) is 51.4 Å².